The van der Waals surface area contributed by atoms with Crippen LogP contribution >= 0.6 is 11.3 Å². The first-order valence-electron chi connectivity index (χ1n) is 7.89. The van der Waals surface area contributed by atoms with Crippen molar-refractivity contribution in [1.29, 1.82) is 0 Å². The third kappa shape index (κ3) is 2.91. The molecule has 110 valence electrons. The van der Waals surface area contributed by atoms with Crippen LogP contribution in [0.1, 0.15) is 52.2 Å². The van der Waals surface area contributed by atoms with Gasteiger partial charge in [0.05, 0.1) is 4.88 Å². The van der Waals surface area contributed by atoms with Crippen molar-refractivity contribution in [2.24, 2.45) is 11.7 Å². The van der Waals surface area contributed by atoms with Gasteiger partial charge < -0.3 is 10.6 Å². The molecule has 1 aliphatic carbocycles. The van der Waals surface area contributed by atoms with E-state index in [0.717, 1.165) is 43.8 Å². The highest BCUT2D eigenvalue weighted by Gasteiger charge is 2.26. The number of nitrogens with two attached hydrogens (primary N) is 1. The van der Waals surface area contributed by atoms with Crippen LogP contribution < -0.4 is 5.73 Å². The highest BCUT2D eigenvalue weighted by Crippen LogP contribution is 2.31. The van der Waals surface area contributed by atoms with E-state index >= 15 is 0 Å². The van der Waals surface area contributed by atoms with Gasteiger partial charge in [-0.3, -0.25) is 4.79 Å². The number of fused-ring (bicyclic) bond motifs is 1. The van der Waals surface area contributed by atoms with Gasteiger partial charge in [0.2, 0.25) is 0 Å². The zero-order valence-electron chi connectivity index (χ0n) is 12.1. The number of piperidine rings is 1. The van der Waals surface area contributed by atoms with Crippen molar-refractivity contribution in [1.82, 2.24) is 4.90 Å². The molecule has 0 spiro atoms. The zero-order chi connectivity index (χ0) is 13.9. The summed E-state index contributed by atoms with van der Waals surface area (Å²) in [6, 6.07) is 2.16. The molecule has 0 saturated carbocycles. The topological polar surface area (TPSA) is 46.3 Å². The van der Waals surface area contributed by atoms with E-state index in [9.17, 15) is 4.79 Å². The third-order valence-corrected chi connectivity index (χ3v) is 5.81. The predicted octanol–water partition coefficient (Wildman–Crippen LogP) is 2.83. The molecule has 1 atom stereocenters. The molecule has 0 aromatic carbocycles. The Morgan fingerprint density at radius 3 is 3.00 bits per heavy atom. The van der Waals surface area contributed by atoms with Gasteiger partial charge in [0, 0.05) is 18.0 Å². The fraction of sp³-hybridized carbons (Fsp3) is 0.688. The number of hydrogen-bond acceptors (Lipinski definition) is 3. The first-order chi connectivity index (χ1) is 9.78. The van der Waals surface area contributed by atoms with Crippen LogP contribution in [-0.2, 0) is 12.8 Å². The second-order valence-electron chi connectivity index (χ2n) is 6.10. The summed E-state index contributed by atoms with van der Waals surface area (Å²) in [5.41, 5.74) is 7.09. The first kappa shape index (κ1) is 14.1. The predicted molar refractivity (Wildman–Crippen MR) is 83.3 cm³/mol. The number of thiophene rings is 1. The van der Waals surface area contributed by atoms with Crippen LogP contribution in [0.3, 0.4) is 0 Å². The number of rotatable bonds is 3. The molecule has 3 rings (SSSR count). The van der Waals surface area contributed by atoms with Crippen molar-refractivity contribution < 1.29 is 4.79 Å². The van der Waals surface area contributed by atoms with Gasteiger partial charge in [0.15, 0.2) is 0 Å². The van der Waals surface area contributed by atoms with E-state index in [2.05, 4.69) is 11.0 Å². The van der Waals surface area contributed by atoms with Gasteiger partial charge in [-0.1, -0.05) is 0 Å². The molecule has 0 radical (unpaired) electrons. The molecule has 1 fully saturated rings. The van der Waals surface area contributed by atoms with Gasteiger partial charge in [0.1, 0.15) is 0 Å². The van der Waals surface area contributed by atoms with E-state index in [1.54, 1.807) is 11.3 Å². The summed E-state index contributed by atoms with van der Waals surface area (Å²) in [5, 5.41) is 0. The summed E-state index contributed by atoms with van der Waals surface area (Å²) >= 11 is 1.74. The Balaban J connectivity index is 1.70. The molecular formula is C16H24N2OS. The van der Waals surface area contributed by atoms with Gasteiger partial charge in [-0.05, 0) is 69.0 Å². The highest BCUT2D eigenvalue weighted by atomic mass is 32.1. The van der Waals surface area contributed by atoms with E-state index in [1.807, 2.05) is 0 Å². The summed E-state index contributed by atoms with van der Waals surface area (Å²) in [6.07, 6.45) is 8.29. The molecule has 0 bridgehead atoms. The van der Waals surface area contributed by atoms with Crippen LogP contribution in [0.5, 0.6) is 0 Å². The number of hydrogen-bond donors (Lipinski definition) is 1. The SMILES string of the molecule is NCCC1CCCN(C(=O)c2cc3c(s2)CCCC3)C1. The number of carbonyl (C=O) groups excluding carboxylic acids is 1. The van der Waals surface area contributed by atoms with Gasteiger partial charge in [-0.15, -0.1) is 11.3 Å². The Hall–Kier alpha value is -0.870. The molecule has 20 heavy (non-hydrogen) atoms. The molecule has 1 saturated heterocycles. The van der Waals surface area contributed by atoms with Crippen LogP contribution in [0, 0.1) is 5.92 Å². The lowest BCUT2D eigenvalue weighted by atomic mass is 9.94. The van der Waals surface area contributed by atoms with Gasteiger partial charge in [0.25, 0.3) is 5.91 Å². The normalized spacial score (nSPS) is 22.6. The van der Waals surface area contributed by atoms with Crippen LogP contribution in [0.15, 0.2) is 6.07 Å². The van der Waals surface area contributed by atoms with E-state index in [4.69, 9.17) is 5.73 Å². The number of nitrogens with zero attached hydrogens (tertiary/aromatic N) is 1. The maximum Gasteiger partial charge on any atom is 0.263 e. The molecule has 1 unspecified atom stereocenters. The van der Waals surface area contributed by atoms with Crippen LogP contribution in [0.25, 0.3) is 0 Å². The van der Waals surface area contributed by atoms with Crippen molar-refractivity contribution in [2.45, 2.75) is 44.9 Å². The number of likely N-dealkylation sites (tertiary alicyclic amines) is 1. The molecule has 2 heterocycles. The van der Waals surface area contributed by atoms with Crippen molar-refractivity contribution in [3.63, 3.8) is 0 Å². The summed E-state index contributed by atoms with van der Waals surface area (Å²) in [7, 11) is 0. The molecule has 1 aliphatic heterocycles. The first-order valence-corrected chi connectivity index (χ1v) is 8.70. The molecule has 2 aliphatic rings. The van der Waals surface area contributed by atoms with Crippen molar-refractivity contribution in [3.8, 4) is 0 Å². The maximum atomic E-state index is 12.7. The minimum atomic E-state index is 0.256. The van der Waals surface area contributed by atoms with Gasteiger partial charge in [-0.25, -0.2) is 0 Å². The molecule has 1 aromatic rings. The average molecular weight is 292 g/mol. The Labute approximate surface area is 125 Å². The second kappa shape index (κ2) is 6.27. The lowest BCUT2D eigenvalue weighted by Crippen LogP contribution is -2.40. The van der Waals surface area contributed by atoms with Crippen LogP contribution in [-0.4, -0.2) is 30.4 Å². The Morgan fingerprint density at radius 2 is 2.20 bits per heavy atom. The number of amides is 1. The van der Waals surface area contributed by atoms with Crippen molar-refractivity contribution in [2.75, 3.05) is 19.6 Å². The minimum absolute atomic E-state index is 0.256. The van der Waals surface area contributed by atoms with Gasteiger partial charge in [-0.2, -0.15) is 0 Å². The minimum Gasteiger partial charge on any atom is -0.338 e. The third-order valence-electron chi connectivity index (χ3n) is 4.59. The molecular weight excluding hydrogens is 268 g/mol. The van der Waals surface area contributed by atoms with Gasteiger partial charge >= 0.3 is 0 Å². The molecule has 1 aromatic heterocycles. The van der Waals surface area contributed by atoms with Crippen molar-refractivity contribution >= 4 is 17.2 Å². The molecule has 4 heteroatoms. The van der Waals surface area contributed by atoms with E-state index < -0.39 is 0 Å². The Kier molecular flexibility index (Phi) is 4.41. The highest BCUT2D eigenvalue weighted by molar-refractivity contribution is 7.14. The van der Waals surface area contributed by atoms with Crippen LogP contribution in [0.4, 0.5) is 0 Å². The summed E-state index contributed by atoms with van der Waals surface area (Å²) in [5.74, 6) is 0.860. The summed E-state index contributed by atoms with van der Waals surface area (Å²) in [6.45, 7) is 2.56. The fourth-order valence-electron chi connectivity index (χ4n) is 3.47. The monoisotopic (exact) mass is 292 g/mol. The zero-order valence-corrected chi connectivity index (χ0v) is 12.9. The molecule has 1 amide bonds. The number of carbonyl (C=O) groups is 1. The van der Waals surface area contributed by atoms with E-state index in [1.165, 1.54) is 36.1 Å². The summed E-state index contributed by atoms with van der Waals surface area (Å²) < 4.78 is 0. The quantitative estimate of drug-likeness (QED) is 0.931. The number of aryl methyl sites for hydroxylation is 2. The Morgan fingerprint density at radius 1 is 1.35 bits per heavy atom. The molecule has 2 N–H and O–H groups in total. The Bertz CT molecular complexity index is 457. The lowest BCUT2D eigenvalue weighted by Gasteiger charge is -2.32. The van der Waals surface area contributed by atoms with Crippen LogP contribution in [0.2, 0.25) is 0 Å². The average Bonchev–Trinajstić information content (AvgIpc) is 2.91. The largest absolute Gasteiger partial charge is 0.338 e. The van der Waals surface area contributed by atoms with E-state index in [-0.39, 0.29) is 5.91 Å². The second-order valence-corrected chi connectivity index (χ2v) is 7.24. The lowest BCUT2D eigenvalue weighted by molar-refractivity contribution is 0.0674. The van der Waals surface area contributed by atoms with E-state index in [0.29, 0.717) is 5.92 Å². The molecule has 3 nitrogen and oxygen atoms in total. The fourth-order valence-corrected chi connectivity index (χ4v) is 4.69. The maximum absolute atomic E-state index is 12.7. The summed E-state index contributed by atoms with van der Waals surface area (Å²) in [4.78, 5) is 17.1. The standard InChI is InChI=1S/C16H24N2OS/c17-8-7-12-4-3-9-18(11-12)16(19)15-10-13-5-1-2-6-14(13)20-15/h10,12H,1-9,11,17H2. The smallest absolute Gasteiger partial charge is 0.263 e. The van der Waals surface area contributed by atoms with Crippen molar-refractivity contribution in [3.05, 3.63) is 21.4 Å².